The van der Waals surface area contributed by atoms with Crippen LogP contribution in [0.2, 0.25) is 0 Å². The Morgan fingerprint density at radius 2 is 2.00 bits per heavy atom. The van der Waals surface area contributed by atoms with E-state index in [0.29, 0.717) is 12.5 Å². The first-order valence-electron chi connectivity index (χ1n) is 8.56. The lowest BCUT2D eigenvalue weighted by Crippen LogP contribution is -2.40. The second-order valence-electron chi connectivity index (χ2n) is 7.59. The molecular formula is C19H30N2O2. The number of amides is 1. The van der Waals surface area contributed by atoms with E-state index < -0.39 is 5.60 Å². The zero-order valence-electron chi connectivity index (χ0n) is 14.9. The van der Waals surface area contributed by atoms with Gasteiger partial charge in [-0.2, -0.15) is 0 Å². The van der Waals surface area contributed by atoms with Crippen molar-refractivity contribution in [1.82, 2.24) is 10.2 Å². The Morgan fingerprint density at radius 1 is 1.30 bits per heavy atom. The number of likely N-dealkylation sites (tertiary alicyclic amines) is 1. The van der Waals surface area contributed by atoms with E-state index in [4.69, 9.17) is 4.74 Å². The van der Waals surface area contributed by atoms with Gasteiger partial charge < -0.3 is 10.1 Å². The number of hydrogen-bond donors (Lipinski definition) is 1. The largest absolute Gasteiger partial charge is 0.444 e. The average molecular weight is 318 g/mol. The lowest BCUT2D eigenvalue weighted by Gasteiger charge is -2.32. The first kappa shape index (κ1) is 17.8. The van der Waals surface area contributed by atoms with Gasteiger partial charge in [-0.3, -0.25) is 4.90 Å². The van der Waals surface area contributed by atoms with Crippen molar-refractivity contribution in [2.45, 2.75) is 52.7 Å². The number of nitrogens with one attached hydrogen (secondary N) is 1. The third-order valence-corrected chi connectivity index (χ3v) is 4.13. The number of hydrogen-bond acceptors (Lipinski definition) is 3. The van der Waals surface area contributed by atoms with Crippen molar-refractivity contribution in [1.29, 1.82) is 0 Å². The average Bonchev–Trinajstić information content (AvgIpc) is 2.45. The molecule has 1 fully saturated rings. The second-order valence-corrected chi connectivity index (χ2v) is 7.59. The molecule has 0 bridgehead atoms. The summed E-state index contributed by atoms with van der Waals surface area (Å²) in [6, 6.07) is 8.72. The zero-order valence-corrected chi connectivity index (χ0v) is 14.9. The molecule has 2 rings (SSSR count). The van der Waals surface area contributed by atoms with Crippen LogP contribution < -0.4 is 5.32 Å². The van der Waals surface area contributed by atoms with Crippen molar-refractivity contribution in [2.75, 3.05) is 19.6 Å². The Balaban J connectivity index is 1.69. The van der Waals surface area contributed by atoms with E-state index in [1.807, 2.05) is 20.8 Å². The van der Waals surface area contributed by atoms with Crippen LogP contribution in [0.1, 0.15) is 44.7 Å². The number of carbonyl (C=O) groups is 1. The van der Waals surface area contributed by atoms with Gasteiger partial charge in [0.2, 0.25) is 0 Å². The van der Waals surface area contributed by atoms with Gasteiger partial charge in [-0.1, -0.05) is 29.8 Å². The highest BCUT2D eigenvalue weighted by Gasteiger charge is 2.21. The van der Waals surface area contributed by atoms with Crippen molar-refractivity contribution in [2.24, 2.45) is 5.92 Å². The Hall–Kier alpha value is -1.55. The fourth-order valence-electron chi connectivity index (χ4n) is 2.96. The number of aryl methyl sites for hydroxylation is 1. The summed E-state index contributed by atoms with van der Waals surface area (Å²) in [5.74, 6) is 0.552. The van der Waals surface area contributed by atoms with Gasteiger partial charge in [0, 0.05) is 13.1 Å². The molecule has 1 heterocycles. The Bertz CT molecular complexity index is 514. The van der Waals surface area contributed by atoms with Crippen LogP contribution in [0, 0.1) is 12.8 Å². The highest BCUT2D eigenvalue weighted by molar-refractivity contribution is 5.67. The van der Waals surface area contributed by atoms with Gasteiger partial charge in [0.05, 0.1) is 0 Å². The van der Waals surface area contributed by atoms with E-state index in [0.717, 1.165) is 32.5 Å². The van der Waals surface area contributed by atoms with Gasteiger partial charge in [0.15, 0.2) is 0 Å². The molecule has 23 heavy (non-hydrogen) atoms. The smallest absolute Gasteiger partial charge is 0.407 e. The molecule has 4 nitrogen and oxygen atoms in total. The maximum atomic E-state index is 11.7. The Kier molecular flexibility index (Phi) is 6.05. The number of carbonyl (C=O) groups excluding carboxylic acids is 1. The van der Waals surface area contributed by atoms with Crippen LogP contribution in [0.25, 0.3) is 0 Å². The number of benzene rings is 1. The second kappa shape index (κ2) is 7.82. The first-order chi connectivity index (χ1) is 10.8. The maximum Gasteiger partial charge on any atom is 0.407 e. The summed E-state index contributed by atoms with van der Waals surface area (Å²) < 4.78 is 5.28. The lowest BCUT2D eigenvalue weighted by molar-refractivity contribution is 0.0509. The molecule has 0 atom stereocenters. The molecule has 1 aliphatic heterocycles. The van der Waals surface area contributed by atoms with Gasteiger partial charge in [-0.15, -0.1) is 0 Å². The molecule has 1 aliphatic rings. The van der Waals surface area contributed by atoms with Crippen LogP contribution in [0.3, 0.4) is 0 Å². The Morgan fingerprint density at radius 3 is 2.61 bits per heavy atom. The molecule has 0 aliphatic carbocycles. The van der Waals surface area contributed by atoms with Gasteiger partial charge >= 0.3 is 6.09 Å². The lowest BCUT2D eigenvalue weighted by atomic mass is 9.96. The van der Waals surface area contributed by atoms with Crippen molar-refractivity contribution < 1.29 is 9.53 Å². The number of rotatable bonds is 4. The topological polar surface area (TPSA) is 41.6 Å². The van der Waals surface area contributed by atoms with Crippen LogP contribution in [-0.4, -0.2) is 36.2 Å². The summed E-state index contributed by atoms with van der Waals surface area (Å²) >= 11 is 0. The molecule has 4 heteroatoms. The molecule has 1 N–H and O–H groups in total. The van der Waals surface area contributed by atoms with Crippen molar-refractivity contribution in [3.8, 4) is 0 Å². The van der Waals surface area contributed by atoms with Crippen LogP contribution in [0.4, 0.5) is 4.79 Å². The van der Waals surface area contributed by atoms with E-state index in [2.05, 4.69) is 41.4 Å². The van der Waals surface area contributed by atoms with E-state index in [1.165, 1.54) is 11.1 Å². The molecule has 1 aromatic rings. The summed E-state index contributed by atoms with van der Waals surface area (Å²) in [5.41, 5.74) is 2.27. The minimum absolute atomic E-state index is 0.306. The molecule has 0 saturated carbocycles. The minimum atomic E-state index is -0.429. The van der Waals surface area contributed by atoms with E-state index >= 15 is 0 Å². The Labute approximate surface area is 140 Å². The van der Waals surface area contributed by atoms with Gasteiger partial charge in [-0.05, 0) is 65.1 Å². The SMILES string of the molecule is Cc1cccc(CN2CCC(CNC(=O)OC(C)(C)C)CC2)c1. The van der Waals surface area contributed by atoms with E-state index in [-0.39, 0.29) is 6.09 Å². The molecule has 1 saturated heterocycles. The third-order valence-electron chi connectivity index (χ3n) is 4.13. The highest BCUT2D eigenvalue weighted by atomic mass is 16.6. The quantitative estimate of drug-likeness (QED) is 0.919. The summed E-state index contributed by atoms with van der Waals surface area (Å²) in [5, 5.41) is 2.90. The van der Waals surface area contributed by atoms with Gasteiger partial charge in [0.1, 0.15) is 5.60 Å². The molecular weight excluding hydrogens is 288 g/mol. The standard InChI is InChI=1S/C19H30N2O2/c1-15-6-5-7-17(12-15)14-21-10-8-16(9-11-21)13-20-18(22)23-19(2,3)4/h5-7,12,16H,8-11,13-14H2,1-4H3,(H,20,22). The van der Waals surface area contributed by atoms with E-state index in [1.54, 1.807) is 0 Å². The predicted octanol–water partition coefficient (Wildman–Crippen LogP) is 3.73. The number of ether oxygens (including phenoxy) is 1. The predicted molar refractivity (Wildman–Crippen MR) is 93.4 cm³/mol. The van der Waals surface area contributed by atoms with Crippen molar-refractivity contribution in [3.05, 3.63) is 35.4 Å². The number of alkyl carbamates (subject to hydrolysis) is 1. The third kappa shape index (κ3) is 6.61. The van der Waals surface area contributed by atoms with Crippen molar-refractivity contribution >= 4 is 6.09 Å². The summed E-state index contributed by atoms with van der Waals surface area (Å²) in [6.45, 7) is 11.7. The minimum Gasteiger partial charge on any atom is -0.444 e. The van der Waals surface area contributed by atoms with Crippen LogP contribution in [0.15, 0.2) is 24.3 Å². The van der Waals surface area contributed by atoms with Gasteiger partial charge in [0.25, 0.3) is 0 Å². The monoisotopic (exact) mass is 318 g/mol. The molecule has 1 amide bonds. The maximum absolute atomic E-state index is 11.7. The summed E-state index contributed by atoms with van der Waals surface area (Å²) in [6.07, 6.45) is 1.95. The highest BCUT2D eigenvalue weighted by Crippen LogP contribution is 2.19. The van der Waals surface area contributed by atoms with E-state index in [9.17, 15) is 4.79 Å². The van der Waals surface area contributed by atoms with Crippen LogP contribution in [0.5, 0.6) is 0 Å². The fourth-order valence-corrected chi connectivity index (χ4v) is 2.96. The van der Waals surface area contributed by atoms with Gasteiger partial charge in [-0.25, -0.2) is 4.79 Å². The molecule has 128 valence electrons. The van der Waals surface area contributed by atoms with Crippen molar-refractivity contribution in [3.63, 3.8) is 0 Å². The molecule has 0 unspecified atom stereocenters. The molecule has 0 spiro atoms. The normalized spacial score (nSPS) is 17.0. The van der Waals surface area contributed by atoms with Crippen LogP contribution >= 0.6 is 0 Å². The number of piperidine rings is 1. The first-order valence-corrected chi connectivity index (χ1v) is 8.56. The molecule has 1 aromatic carbocycles. The fraction of sp³-hybridized carbons (Fsp3) is 0.632. The number of nitrogens with zero attached hydrogens (tertiary/aromatic N) is 1. The summed E-state index contributed by atoms with van der Waals surface area (Å²) in [7, 11) is 0. The molecule has 0 radical (unpaired) electrons. The molecule has 0 aromatic heterocycles. The van der Waals surface area contributed by atoms with Crippen LogP contribution in [-0.2, 0) is 11.3 Å². The summed E-state index contributed by atoms with van der Waals surface area (Å²) in [4.78, 5) is 14.2. The zero-order chi connectivity index (χ0) is 16.9.